The van der Waals surface area contributed by atoms with Gasteiger partial charge in [-0.05, 0) is 34.3 Å². The molecule has 1 N–H and O–H groups in total. The molecule has 0 aliphatic rings. The minimum atomic E-state index is 0.527. The normalized spacial score (nSPS) is 10.9. The van der Waals surface area contributed by atoms with Crippen LogP contribution in [0.4, 0.5) is 0 Å². The van der Waals surface area contributed by atoms with Crippen LogP contribution in [0.2, 0.25) is 0 Å². The monoisotopic (exact) mass is 324 g/mol. The van der Waals surface area contributed by atoms with Crippen LogP contribution in [0.3, 0.4) is 0 Å². The van der Waals surface area contributed by atoms with Gasteiger partial charge in [-0.15, -0.1) is 0 Å². The average Bonchev–Trinajstić information content (AvgIpc) is 2.35. The SMILES string of the molecule is CC(C)Cc1[nH]c(-c2ncccn2)nc(=S)c1Br. The molecule has 0 atom stereocenters. The molecule has 0 aliphatic heterocycles. The molecule has 0 unspecified atom stereocenters. The van der Waals surface area contributed by atoms with Crippen LogP contribution in [-0.2, 0) is 6.42 Å². The molecule has 2 aromatic heterocycles. The summed E-state index contributed by atoms with van der Waals surface area (Å²) in [7, 11) is 0. The molecule has 0 amide bonds. The van der Waals surface area contributed by atoms with Crippen LogP contribution >= 0.6 is 28.1 Å². The molecule has 94 valence electrons. The summed E-state index contributed by atoms with van der Waals surface area (Å²) < 4.78 is 1.39. The van der Waals surface area contributed by atoms with Crippen molar-refractivity contribution < 1.29 is 0 Å². The number of halogens is 1. The van der Waals surface area contributed by atoms with Crippen molar-refractivity contribution >= 4 is 28.1 Å². The highest BCUT2D eigenvalue weighted by Gasteiger charge is 2.10. The van der Waals surface area contributed by atoms with E-state index in [0.717, 1.165) is 16.6 Å². The highest BCUT2D eigenvalue weighted by Crippen LogP contribution is 2.21. The molecule has 0 radical (unpaired) electrons. The lowest BCUT2D eigenvalue weighted by Crippen LogP contribution is -2.04. The smallest absolute Gasteiger partial charge is 0.195 e. The van der Waals surface area contributed by atoms with Crippen molar-refractivity contribution in [3.05, 3.63) is 33.3 Å². The van der Waals surface area contributed by atoms with E-state index in [-0.39, 0.29) is 0 Å². The quantitative estimate of drug-likeness (QED) is 0.877. The highest BCUT2D eigenvalue weighted by molar-refractivity contribution is 9.10. The fourth-order valence-electron chi connectivity index (χ4n) is 1.58. The Morgan fingerprint density at radius 3 is 2.61 bits per heavy atom. The van der Waals surface area contributed by atoms with E-state index in [1.54, 1.807) is 18.5 Å². The predicted molar refractivity (Wildman–Crippen MR) is 76.7 cm³/mol. The van der Waals surface area contributed by atoms with Crippen LogP contribution in [0.15, 0.2) is 22.9 Å². The van der Waals surface area contributed by atoms with Gasteiger partial charge in [-0.3, -0.25) is 0 Å². The molecule has 0 aromatic carbocycles. The van der Waals surface area contributed by atoms with E-state index in [1.165, 1.54) is 0 Å². The Morgan fingerprint density at radius 1 is 1.33 bits per heavy atom. The lowest BCUT2D eigenvalue weighted by atomic mass is 10.1. The summed E-state index contributed by atoms with van der Waals surface area (Å²) in [6, 6.07) is 1.77. The Balaban J connectivity index is 2.51. The lowest BCUT2D eigenvalue weighted by Gasteiger charge is -2.09. The Kier molecular flexibility index (Phi) is 4.19. The number of H-pyrrole nitrogens is 1. The first kappa shape index (κ1) is 13.3. The van der Waals surface area contributed by atoms with Gasteiger partial charge < -0.3 is 4.98 Å². The van der Waals surface area contributed by atoms with E-state index in [9.17, 15) is 0 Å². The largest absolute Gasteiger partial charge is 0.339 e. The first-order chi connectivity index (χ1) is 8.58. The molecular weight excluding hydrogens is 312 g/mol. The van der Waals surface area contributed by atoms with Gasteiger partial charge in [0.2, 0.25) is 0 Å². The first-order valence-corrected chi connectivity index (χ1v) is 6.84. The zero-order chi connectivity index (χ0) is 13.1. The molecule has 0 spiro atoms. The predicted octanol–water partition coefficient (Wildman–Crippen LogP) is 3.56. The molecule has 2 rings (SSSR count). The van der Waals surface area contributed by atoms with E-state index < -0.39 is 0 Å². The summed E-state index contributed by atoms with van der Waals surface area (Å²) in [6.07, 6.45) is 4.27. The molecule has 6 heteroatoms. The van der Waals surface area contributed by atoms with Gasteiger partial charge in [-0.2, -0.15) is 0 Å². The molecule has 2 heterocycles. The van der Waals surface area contributed by atoms with Crippen LogP contribution in [0.5, 0.6) is 0 Å². The number of aromatic nitrogens is 4. The van der Waals surface area contributed by atoms with Crippen LogP contribution in [0, 0.1) is 10.6 Å². The van der Waals surface area contributed by atoms with Gasteiger partial charge in [0.15, 0.2) is 11.6 Å². The molecule has 2 aromatic rings. The van der Waals surface area contributed by atoms with Gasteiger partial charge in [0.05, 0.1) is 4.47 Å². The molecular formula is C12H13BrN4S. The second kappa shape index (κ2) is 5.67. The van der Waals surface area contributed by atoms with Gasteiger partial charge in [-0.1, -0.05) is 26.1 Å². The van der Waals surface area contributed by atoms with E-state index >= 15 is 0 Å². The van der Waals surface area contributed by atoms with Gasteiger partial charge in [0.1, 0.15) is 4.64 Å². The third-order valence-electron chi connectivity index (χ3n) is 2.33. The summed E-state index contributed by atoms with van der Waals surface area (Å²) in [5, 5.41) is 0. The molecule has 0 fully saturated rings. The van der Waals surface area contributed by atoms with Crippen molar-refractivity contribution in [2.75, 3.05) is 0 Å². The number of hydrogen-bond acceptors (Lipinski definition) is 4. The zero-order valence-corrected chi connectivity index (χ0v) is 12.5. The summed E-state index contributed by atoms with van der Waals surface area (Å²) in [4.78, 5) is 15.9. The number of nitrogens with zero attached hydrogens (tertiary/aromatic N) is 3. The van der Waals surface area contributed by atoms with Crippen LogP contribution in [0.25, 0.3) is 11.6 Å². The summed E-state index contributed by atoms with van der Waals surface area (Å²) in [5.74, 6) is 1.69. The number of aromatic amines is 1. The number of rotatable bonds is 3. The van der Waals surface area contributed by atoms with Crippen LogP contribution in [0.1, 0.15) is 19.5 Å². The maximum atomic E-state index is 5.25. The first-order valence-electron chi connectivity index (χ1n) is 5.64. The lowest BCUT2D eigenvalue weighted by molar-refractivity contribution is 0.631. The van der Waals surface area contributed by atoms with Crippen molar-refractivity contribution in [1.82, 2.24) is 19.9 Å². The van der Waals surface area contributed by atoms with Gasteiger partial charge >= 0.3 is 0 Å². The van der Waals surface area contributed by atoms with Crippen molar-refractivity contribution in [3.8, 4) is 11.6 Å². The summed E-state index contributed by atoms with van der Waals surface area (Å²) in [6.45, 7) is 4.31. The Labute approximate surface area is 119 Å². The standard InChI is InChI=1S/C12H13BrN4S/c1-7(2)6-8-9(13)12(18)17-11(16-8)10-14-4-3-5-15-10/h3-5,7H,6H2,1-2H3,(H,16,17,18). The van der Waals surface area contributed by atoms with Crippen LogP contribution in [-0.4, -0.2) is 19.9 Å². The Hall–Kier alpha value is -1.14. The third kappa shape index (κ3) is 3.00. The Morgan fingerprint density at radius 2 is 2.00 bits per heavy atom. The van der Waals surface area contributed by atoms with Gasteiger partial charge in [0, 0.05) is 18.1 Å². The fourth-order valence-corrected chi connectivity index (χ4v) is 2.15. The van der Waals surface area contributed by atoms with E-state index in [0.29, 0.717) is 22.2 Å². The fraction of sp³-hybridized carbons (Fsp3) is 0.333. The zero-order valence-electron chi connectivity index (χ0n) is 10.1. The van der Waals surface area contributed by atoms with E-state index in [2.05, 4.69) is 49.7 Å². The Bertz CT molecular complexity index is 595. The number of nitrogens with one attached hydrogen (secondary N) is 1. The maximum Gasteiger partial charge on any atom is 0.195 e. The minimum absolute atomic E-state index is 0.527. The van der Waals surface area contributed by atoms with E-state index in [4.69, 9.17) is 12.2 Å². The van der Waals surface area contributed by atoms with Crippen molar-refractivity contribution in [2.24, 2.45) is 5.92 Å². The van der Waals surface area contributed by atoms with Crippen molar-refractivity contribution in [3.63, 3.8) is 0 Å². The molecule has 4 nitrogen and oxygen atoms in total. The molecule has 0 aliphatic carbocycles. The second-order valence-corrected chi connectivity index (χ2v) is 5.53. The van der Waals surface area contributed by atoms with Gasteiger partial charge in [-0.25, -0.2) is 15.0 Å². The molecule has 0 saturated heterocycles. The van der Waals surface area contributed by atoms with Crippen LogP contribution < -0.4 is 0 Å². The average molecular weight is 325 g/mol. The molecule has 0 bridgehead atoms. The third-order valence-corrected chi connectivity index (χ3v) is 3.74. The maximum absolute atomic E-state index is 5.25. The van der Waals surface area contributed by atoms with Gasteiger partial charge in [0.25, 0.3) is 0 Å². The summed E-state index contributed by atoms with van der Waals surface area (Å²) in [5.41, 5.74) is 1.03. The molecule has 0 saturated carbocycles. The minimum Gasteiger partial charge on any atom is -0.339 e. The van der Waals surface area contributed by atoms with E-state index in [1.807, 2.05) is 0 Å². The molecule has 18 heavy (non-hydrogen) atoms. The second-order valence-electron chi connectivity index (χ2n) is 4.35. The van der Waals surface area contributed by atoms with Crippen molar-refractivity contribution in [2.45, 2.75) is 20.3 Å². The number of hydrogen-bond donors (Lipinski definition) is 1. The highest BCUT2D eigenvalue weighted by atomic mass is 79.9. The summed E-state index contributed by atoms with van der Waals surface area (Å²) >= 11 is 8.72. The van der Waals surface area contributed by atoms with Crippen molar-refractivity contribution in [1.29, 1.82) is 0 Å². The topological polar surface area (TPSA) is 54.5 Å².